The van der Waals surface area contributed by atoms with Crippen LogP contribution in [0.2, 0.25) is 0 Å². The van der Waals surface area contributed by atoms with E-state index in [1.54, 1.807) is 0 Å². The Kier molecular flexibility index (Phi) is 3.09. The van der Waals surface area contributed by atoms with Crippen LogP contribution in [0, 0.1) is 23.7 Å². The zero-order valence-electron chi connectivity index (χ0n) is 14.1. The number of allylic oxidation sites excluding steroid dienone is 4. The van der Waals surface area contributed by atoms with Crippen molar-refractivity contribution in [3.63, 3.8) is 0 Å². The zero-order valence-corrected chi connectivity index (χ0v) is 14.1. The van der Waals surface area contributed by atoms with Crippen LogP contribution in [0.3, 0.4) is 0 Å². The van der Waals surface area contributed by atoms with E-state index in [0.717, 1.165) is 0 Å². The SMILES string of the molecule is COC(=O)C1=C(C(=O)OC)C2C3=C(C4CCC3C4)C1C2=C(C)C. The first kappa shape index (κ1) is 14.7. The second-order valence-corrected chi connectivity index (χ2v) is 7.25. The van der Waals surface area contributed by atoms with Crippen LogP contribution in [0.4, 0.5) is 0 Å². The molecule has 0 aromatic heterocycles. The van der Waals surface area contributed by atoms with E-state index in [1.807, 2.05) is 0 Å². The van der Waals surface area contributed by atoms with Gasteiger partial charge in [-0.3, -0.25) is 0 Å². The average Bonchev–Trinajstić information content (AvgIpc) is 3.27. The highest BCUT2D eigenvalue weighted by Crippen LogP contribution is 2.67. The highest BCUT2D eigenvalue weighted by atomic mass is 16.5. The third-order valence-electron chi connectivity index (χ3n) is 6.15. The number of esters is 2. The second-order valence-electron chi connectivity index (χ2n) is 7.25. The summed E-state index contributed by atoms with van der Waals surface area (Å²) in [4.78, 5) is 24.9. The lowest BCUT2D eigenvalue weighted by molar-refractivity contribution is -0.139. The molecule has 1 fully saturated rings. The molecule has 23 heavy (non-hydrogen) atoms. The van der Waals surface area contributed by atoms with E-state index in [2.05, 4.69) is 13.8 Å². The van der Waals surface area contributed by atoms with Crippen LogP contribution in [0.5, 0.6) is 0 Å². The maximum absolute atomic E-state index is 12.5. The van der Waals surface area contributed by atoms with Crippen LogP contribution in [0.15, 0.2) is 33.4 Å². The molecule has 0 N–H and O–H groups in total. The standard InChI is InChI=1S/C19H22O4/c1-8(2)11-14-12-9-5-6-10(7-9)13(12)15(11)17(19(21)23-4)16(14)18(20)22-3/h9-10,14-15H,5-7H2,1-4H3. The van der Waals surface area contributed by atoms with E-state index in [4.69, 9.17) is 9.47 Å². The highest BCUT2D eigenvalue weighted by Gasteiger charge is 2.60. The van der Waals surface area contributed by atoms with Gasteiger partial charge in [-0.1, -0.05) is 16.7 Å². The molecule has 1 saturated carbocycles. The molecule has 0 amide bonds. The average molecular weight is 314 g/mol. The monoisotopic (exact) mass is 314 g/mol. The first-order valence-electron chi connectivity index (χ1n) is 8.33. The summed E-state index contributed by atoms with van der Waals surface area (Å²) < 4.78 is 10.0. The number of hydrogen-bond donors (Lipinski definition) is 0. The number of ether oxygens (including phenoxy) is 2. The summed E-state index contributed by atoms with van der Waals surface area (Å²) >= 11 is 0. The van der Waals surface area contributed by atoms with Gasteiger partial charge < -0.3 is 9.47 Å². The molecule has 4 aliphatic rings. The molecular weight excluding hydrogens is 292 g/mol. The molecule has 4 nitrogen and oxygen atoms in total. The zero-order chi connectivity index (χ0) is 16.5. The molecule has 122 valence electrons. The Morgan fingerprint density at radius 3 is 1.65 bits per heavy atom. The lowest BCUT2D eigenvalue weighted by Gasteiger charge is -2.25. The first-order chi connectivity index (χ1) is 11.0. The molecule has 0 aromatic rings. The van der Waals surface area contributed by atoms with Gasteiger partial charge in [0, 0.05) is 11.8 Å². The smallest absolute Gasteiger partial charge is 0.335 e. The van der Waals surface area contributed by atoms with Crippen LogP contribution in [0.1, 0.15) is 33.1 Å². The molecule has 4 atom stereocenters. The lowest BCUT2D eigenvalue weighted by Crippen LogP contribution is -2.24. The quantitative estimate of drug-likeness (QED) is 0.447. The highest BCUT2D eigenvalue weighted by molar-refractivity contribution is 6.06. The maximum atomic E-state index is 12.5. The van der Waals surface area contributed by atoms with Gasteiger partial charge in [-0.05, 0) is 50.5 Å². The topological polar surface area (TPSA) is 52.6 Å². The fourth-order valence-electron chi connectivity index (χ4n) is 5.51. The summed E-state index contributed by atoms with van der Waals surface area (Å²) in [5.74, 6) is 0.307. The number of rotatable bonds is 2. The van der Waals surface area contributed by atoms with Gasteiger partial charge >= 0.3 is 11.9 Å². The number of hydrogen-bond acceptors (Lipinski definition) is 4. The third-order valence-corrected chi connectivity index (χ3v) is 6.15. The van der Waals surface area contributed by atoms with Gasteiger partial charge in [0.2, 0.25) is 0 Å². The molecule has 0 aromatic carbocycles. The van der Waals surface area contributed by atoms with E-state index in [-0.39, 0.29) is 23.8 Å². The number of fused-ring (bicyclic) bond motifs is 8. The van der Waals surface area contributed by atoms with E-state index in [9.17, 15) is 9.59 Å². The lowest BCUT2D eigenvalue weighted by atomic mass is 9.79. The molecule has 4 rings (SSSR count). The molecule has 4 bridgehead atoms. The minimum absolute atomic E-state index is 0.0446. The predicted octanol–water partition coefficient (Wildman–Crippen LogP) is 2.95. The Labute approximate surface area is 136 Å². The predicted molar refractivity (Wildman–Crippen MR) is 84.3 cm³/mol. The second kappa shape index (κ2) is 4.83. The summed E-state index contributed by atoms with van der Waals surface area (Å²) in [7, 11) is 2.77. The molecule has 0 heterocycles. The van der Waals surface area contributed by atoms with Crippen molar-refractivity contribution in [1.82, 2.24) is 0 Å². The largest absolute Gasteiger partial charge is 0.466 e. The van der Waals surface area contributed by atoms with Gasteiger partial charge in [-0.25, -0.2) is 9.59 Å². The van der Waals surface area contributed by atoms with E-state index < -0.39 is 0 Å². The van der Waals surface area contributed by atoms with Crippen molar-refractivity contribution in [2.75, 3.05) is 14.2 Å². The Morgan fingerprint density at radius 1 is 0.870 bits per heavy atom. The molecule has 0 saturated heterocycles. The summed E-state index contributed by atoms with van der Waals surface area (Å²) in [6.07, 6.45) is 3.62. The molecule has 4 unspecified atom stereocenters. The molecule has 4 heteroatoms. The van der Waals surface area contributed by atoms with Crippen LogP contribution in [-0.2, 0) is 19.1 Å². The summed E-state index contributed by atoms with van der Waals surface area (Å²) in [5.41, 5.74) is 6.35. The fraction of sp³-hybridized carbons (Fsp3) is 0.579. The number of carbonyl (C=O) groups excluding carboxylic acids is 2. The van der Waals surface area contributed by atoms with Gasteiger partial charge in [0.1, 0.15) is 0 Å². The minimum atomic E-state index is -0.383. The van der Waals surface area contributed by atoms with Gasteiger partial charge in [-0.2, -0.15) is 0 Å². The van der Waals surface area contributed by atoms with Crippen LogP contribution < -0.4 is 0 Å². The Hall–Kier alpha value is -1.84. The minimum Gasteiger partial charge on any atom is -0.466 e. The van der Waals surface area contributed by atoms with Crippen LogP contribution >= 0.6 is 0 Å². The van der Waals surface area contributed by atoms with E-state index in [1.165, 1.54) is 55.8 Å². The molecule has 0 aliphatic heterocycles. The normalized spacial score (nSPS) is 33.5. The van der Waals surface area contributed by atoms with E-state index >= 15 is 0 Å². The van der Waals surface area contributed by atoms with Gasteiger partial charge in [0.05, 0.1) is 25.4 Å². The third kappa shape index (κ3) is 1.67. The van der Waals surface area contributed by atoms with Crippen molar-refractivity contribution in [2.24, 2.45) is 23.7 Å². The van der Waals surface area contributed by atoms with Crippen molar-refractivity contribution < 1.29 is 19.1 Å². The van der Waals surface area contributed by atoms with Crippen molar-refractivity contribution >= 4 is 11.9 Å². The van der Waals surface area contributed by atoms with Crippen LogP contribution in [0.25, 0.3) is 0 Å². The van der Waals surface area contributed by atoms with Gasteiger partial charge in [0.25, 0.3) is 0 Å². The number of methoxy groups -OCH3 is 2. The summed E-state index contributed by atoms with van der Waals surface area (Å²) in [5, 5.41) is 0. The van der Waals surface area contributed by atoms with Gasteiger partial charge in [0.15, 0.2) is 0 Å². The molecule has 0 spiro atoms. The first-order valence-corrected chi connectivity index (χ1v) is 8.33. The van der Waals surface area contributed by atoms with Crippen molar-refractivity contribution in [3.05, 3.63) is 33.4 Å². The Bertz CT molecular complexity index is 666. The van der Waals surface area contributed by atoms with Crippen molar-refractivity contribution in [1.29, 1.82) is 0 Å². The van der Waals surface area contributed by atoms with Crippen LogP contribution in [-0.4, -0.2) is 26.2 Å². The number of carbonyl (C=O) groups is 2. The van der Waals surface area contributed by atoms with E-state index in [0.29, 0.717) is 23.0 Å². The Balaban J connectivity index is 1.94. The maximum Gasteiger partial charge on any atom is 0.335 e. The molecule has 4 aliphatic carbocycles. The fourth-order valence-corrected chi connectivity index (χ4v) is 5.51. The van der Waals surface area contributed by atoms with Crippen molar-refractivity contribution in [3.8, 4) is 0 Å². The van der Waals surface area contributed by atoms with Crippen molar-refractivity contribution in [2.45, 2.75) is 33.1 Å². The Morgan fingerprint density at radius 2 is 1.30 bits per heavy atom. The summed E-state index contributed by atoms with van der Waals surface area (Å²) in [6, 6.07) is 0. The summed E-state index contributed by atoms with van der Waals surface area (Å²) in [6.45, 7) is 4.16. The molecular formula is C19H22O4. The van der Waals surface area contributed by atoms with Gasteiger partial charge in [-0.15, -0.1) is 0 Å². The molecule has 0 radical (unpaired) electrons.